The van der Waals surface area contributed by atoms with Crippen LogP contribution in [0.15, 0.2) is 23.6 Å². The molecule has 1 aromatic carbocycles. The van der Waals surface area contributed by atoms with Crippen molar-refractivity contribution in [3.8, 4) is 0 Å². The topological polar surface area (TPSA) is 85.8 Å². The Hall–Kier alpha value is -2.85. The molecule has 0 saturated carbocycles. The summed E-state index contributed by atoms with van der Waals surface area (Å²) in [6, 6.07) is 4.56. The van der Waals surface area contributed by atoms with E-state index in [9.17, 15) is 18.8 Å². The molecule has 0 unspecified atom stereocenters. The molecule has 1 aliphatic rings. The molecule has 162 valence electrons. The molecule has 7 nitrogen and oxygen atoms in total. The van der Waals surface area contributed by atoms with Crippen LogP contribution in [0.5, 0.6) is 0 Å². The summed E-state index contributed by atoms with van der Waals surface area (Å²) in [5, 5.41) is 2.54. The summed E-state index contributed by atoms with van der Waals surface area (Å²) in [6.45, 7) is 2.24. The van der Waals surface area contributed by atoms with Gasteiger partial charge in [0.2, 0.25) is 5.91 Å². The minimum absolute atomic E-state index is 0.0290. The molecule has 3 aromatic rings. The van der Waals surface area contributed by atoms with E-state index in [2.05, 4.69) is 4.98 Å². The second-order valence-electron chi connectivity index (χ2n) is 6.85. The van der Waals surface area contributed by atoms with Crippen molar-refractivity contribution in [2.45, 2.75) is 32.8 Å². The molecular weight excluding hydrogens is 443 g/mol. The molecule has 0 radical (unpaired) electrons. The smallest absolute Gasteiger partial charge is 0.348 e. The van der Waals surface area contributed by atoms with E-state index in [0.717, 1.165) is 17.8 Å². The molecule has 1 amide bonds. The molecule has 0 N–H and O–H groups in total. The first-order valence-corrected chi connectivity index (χ1v) is 11.4. The quantitative estimate of drug-likeness (QED) is 0.492. The molecule has 0 bridgehead atoms. The summed E-state index contributed by atoms with van der Waals surface area (Å²) in [5.41, 5.74) is 0.795. The molecule has 2 aromatic heterocycles. The summed E-state index contributed by atoms with van der Waals surface area (Å²) in [5.74, 6) is -1.60. The maximum absolute atomic E-state index is 14.4. The highest BCUT2D eigenvalue weighted by atomic mass is 32.1. The van der Waals surface area contributed by atoms with Crippen molar-refractivity contribution in [1.29, 1.82) is 0 Å². The molecular formula is C21H19FN2O5S2. The molecule has 3 heterocycles. The van der Waals surface area contributed by atoms with E-state index in [0.29, 0.717) is 34.1 Å². The fourth-order valence-electron chi connectivity index (χ4n) is 3.37. The van der Waals surface area contributed by atoms with Gasteiger partial charge in [-0.3, -0.25) is 14.5 Å². The number of halogens is 1. The van der Waals surface area contributed by atoms with Crippen LogP contribution in [0.3, 0.4) is 0 Å². The molecule has 31 heavy (non-hydrogen) atoms. The van der Waals surface area contributed by atoms with Gasteiger partial charge >= 0.3 is 11.9 Å². The third kappa shape index (κ3) is 4.45. The van der Waals surface area contributed by atoms with Crippen LogP contribution in [-0.4, -0.2) is 36.0 Å². The Morgan fingerprint density at radius 1 is 1.29 bits per heavy atom. The Morgan fingerprint density at radius 3 is 2.87 bits per heavy atom. The second kappa shape index (κ2) is 9.11. The largest absolute Gasteiger partial charge is 0.462 e. The normalized spacial score (nSPS) is 13.7. The lowest BCUT2D eigenvalue weighted by Crippen LogP contribution is -2.23. The number of nitrogens with zero attached hydrogens (tertiary/aromatic N) is 2. The summed E-state index contributed by atoms with van der Waals surface area (Å²) >= 11 is 2.41. The third-order valence-electron chi connectivity index (χ3n) is 4.77. The van der Waals surface area contributed by atoms with Gasteiger partial charge in [-0.15, -0.1) is 22.7 Å². The summed E-state index contributed by atoms with van der Waals surface area (Å²) in [4.78, 5) is 42.7. The lowest BCUT2D eigenvalue weighted by molar-refractivity contribution is -0.144. The van der Waals surface area contributed by atoms with E-state index in [4.69, 9.17) is 9.47 Å². The number of rotatable bonds is 7. The molecule has 4 rings (SSSR count). The lowest BCUT2D eigenvalue weighted by atomic mass is 10.1. The number of anilines is 1. The first kappa shape index (κ1) is 21.4. The van der Waals surface area contributed by atoms with Gasteiger partial charge in [-0.2, -0.15) is 0 Å². The van der Waals surface area contributed by atoms with Crippen molar-refractivity contribution in [1.82, 2.24) is 4.98 Å². The summed E-state index contributed by atoms with van der Waals surface area (Å²) in [7, 11) is 0. The second-order valence-corrected chi connectivity index (χ2v) is 8.74. The van der Waals surface area contributed by atoms with Crippen LogP contribution in [-0.2, 0) is 32.1 Å². The molecule has 10 heteroatoms. The highest BCUT2D eigenvalue weighted by Gasteiger charge is 2.25. The van der Waals surface area contributed by atoms with Gasteiger partial charge in [-0.25, -0.2) is 14.2 Å². The number of carbonyl (C=O) groups is 3. The Balaban J connectivity index is 1.48. The monoisotopic (exact) mass is 462 g/mol. The van der Waals surface area contributed by atoms with Crippen LogP contribution in [0.1, 0.15) is 40.7 Å². The van der Waals surface area contributed by atoms with E-state index in [1.165, 1.54) is 17.4 Å². The Kier molecular flexibility index (Phi) is 6.28. The van der Waals surface area contributed by atoms with E-state index in [-0.39, 0.29) is 35.8 Å². The lowest BCUT2D eigenvalue weighted by Gasteiger charge is -2.10. The molecule has 1 aliphatic heterocycles. The first-order valence-electron chi connectivity index (χ1n) is 9.75. The van der Waals surface area contributed by atoms with Gasteiger partial charge in [0.25, 0.3) is 0 Å². The number of esters is 2. The number of benzene rings is 1. The van der Waals surface area contributed by atoms with Crippen molar-refractivity contribution >= 4 is 55.7 Å². The van der Waals surface area contributed by atoms with E-state index < -0.39 is 17.8 Å². The number of hydrogen-bond acceptors (Lipinski definition) is 8. The zero-order chi connectivity index (χ0) is 22.0. The van der Waals surface area contributed by atoms with Crippen LogP contribution in [0.2, 0.25) is 0 Å². The number of thiophene rings is 1. The van der Waals surface area contributed by atoms with Crippen molar-refractivity contribution in [2.75, 3.05) is 18.1 Å². The van der Waals surface area contributed by atoms with Crippen LogP contribution in [0, 0.1) is 5.82 Å². The molecule has 0 atom stereocenters. The standard InChI is InChI=1S/C21H19FN2O5S2/c1-2-28-20(27)19-13(18-14(22)5-3-6-15(18)31-19)10-29-17(26)9-12-11-30-21(23-12)24-8-4-7-16(24)25/h3,5-6,11H,2,4,7-10H2,1H3. The number of ether oxygens (including phenoxy) is 2. The van der Waals surface area contributed by atoms with Crippen LogP contribution in [0.4, 0.5) is 9.52 Å². The number of carbonyl (C=O) groups excluding carboxylic acids is 3. The van der Waals surface area contributed by atoms with Crippen molar-refractivity contribution in [2.24, 2.45) is 0 Å². The molecule has 0 aliphatic carbocycles. The highest BCUT2D eigenvalue weighted by molar-refractivity contribution is 7.21. The minimum Gasteiger partial charge on any atom is -0.462 e. The molecule has 0 spiro atoms. The Morgan fingerprint density at radius 2 is 2.13 bits per heavy atom. The number of hydrogen-bond donors (Lipinski definition) is 0. The fraction of sp³-hybridized carbons (Fsp3) is 0.333. The fourth-order valence-corrected chi connectivity index (χ4v) is 5.35. The first-order chi connectivity index (χ1) is 15.0. The van der Waals surface area contributed by atoms with E-state index in [1.54, 1.807) is 29.3 Å². The zero-order valence-electron chi connectivity index (χ0n) is 16.7. The predicted octanol–water partition coefficient (Wildman–Crippen LogP) is 4.09. The van der Waals surface area contributed by atoms with E-state index in [1.807, 2.05) is 0 Å². The number of aromatic nitrogens is 1. The van der Waals surface area contributed by atoms with Gasteiger partial charge < -0.3 is 9.47 Å². The maximum atomic E-state index is 14.4. The SMILES string of the molecule is CCOC(=O)c1sc2cccc(F)c2c1COC(=O)Cc1csc(N2CCCC2=O)n1. The predicted molar refractivity (Wildman–Crippen MR) is 115 cm³/mol. The van der Waals surface area contributed by atoms with Crippen LogP contribution < -0.4 is 4.90 Å². The van der Waals surface area contributed by atoms with Gasteiger partial charge in [0.05, 0.1) is 18.7 Å². The van der Waals surface area contributed by atoms with Gasteiger partial charge in [-0.1, -0.05) is 6.07 Å². The number of fused-ring (bicyclic) bond motifs is 1. The summed E-state index contributed by atoms with van der Waals surface area (Å²) < 4.78 is 25.4. The molecule has 1 fully saturated rings. The average Bonchev–Trinajstić information content (AvgIpc) is 3.45. The maximum Gasteiger partial charge on any atom is 0.348 e. The van der Waals surface area contributed by atoms with Gasteiger partial charge in [0, 0.05) is 34.0 Å². The van der Waals surface area contributed by atoms with Crippen molar-refractivity contribution in [3.05, 3.63) is 45.5 Å². The number of amides is 1. The summed E-state index contributed by atoms with van der Waals surface area (Å²) in [6.07, 6.45) is 1.21. The highest BCUT2D eigenvalue weighted by Crippen LogP contribution is 2.34. The average molecular weight is 463 g/mol. The van der Waals surface area contributed by atoms with Gasteiger partial charge in [0.15, 0.2) is 5.13 Å². The van der Waals surface area contributed by atoms with Crippen molar-refractivity contribution in [3.63, 3.8) is 0 Å². The third-order valence-corrected chi connectivity index (χ3v) is 6.86. The van der Waals surface area contributed by atoms with Gasteiger partial charge in [-0.05, 0) is 25.5 Å². The number of thiazole rings is 1. The molecule has 1 saturated heterocycles. The van der Waals surface area contributed by atoms with Gasteiger partial charge in [0.1, 0.15) is 17.3 Å². The van der Waals surface area contributed by atoms with Crippen LogP contribution in [0.25, 0.3) is 10.1 Å². The van der Waals surface area contributed by atoms with Crippen LogP contribution >= 0.6 is 22.7 Å². The van der Waals surface area contributed by atoms with E-state index >= 15 is 0 Å². The zero-order valence-corrected chi connectivity index (χ0v) is 18.3. The van der Waals surface area contributed by atoms with Crippen molar-refractivity contribution < 1.29 is 28.2 Å². The Labute approximate surface area is 185 Å². The minimum atomic E-state index is -0.575. The Bertz CT molecular complexity index is 1160.